The van der Waals surface area contributed by atoms with E-state index in [-0.39, 0.29) is 18.7 Å². The molecule has 1 aromatic heterocycles. The molecule has 2 aliphatic rings. The van der Waals surface area contributed by atoms with Gasteiger partial charge in [-0.2, -0.15) is 0 Å². The number of piperidine rings is 1. The first-order chi connectivity index (χ1) is 13.7. The van der Waals surface area contributed by atoms with Crippen molar-refractivity contribution in [3.63, 3.8) is 0 Å². The van der Waals surface area contributed by atoms with Crippen LogP contribution in [0.5, 0.6) is 11.5 Å². The number of carbonyl (C=O) groups excluding carboxylic acids is 1. The summed E-state index contributed by atoms with van der Waals surface area (Å²) in [6.07, 6.45) is 3.15. The minimum atomic E-state index is -0.173. The molecule has 3 N–H and O–H groups in total. The molecule has 1 fully saturated rings. The third-order valence-corrected chi connectivity index (χ3v) is 4.84. The van der Waals surface area contributed by atoms with E-state index in [2.05, 4.69) is 15.3 Å². The van der Waals surface area contributed by atoms with Gasteiger partial charge in [-0.1, -0.05) is 0 Å². The van der Waals surface area contributed by atoms with E-state index in [9.17, 15) is 4.79 Å². The average Bonchev–Trinajstić information content (AvgIpc) is 3.18. The van der Waals surface area contributed by atoms with E-state index in [0.717, 1.165) is 25.1 Å². The van der Waals surface area contributed by atoms with Gasteiger partial charge in [-0.05, 0) is 31.9 Å². The van der Waals surface area contributed by atoms with Crippen LogP contribution in [0.25, 0.3) is 0 Å². The number of nitrogen functional groups attached to an aromatic ring is 1. The maximum atomic E-state index is 12.1. The number of benzene rings is 1. The van der Waals surface area contributed by atoms with Gasteiger partial charge in [-0.15, -0.1) is 0 Å². The van der Waals surface area contributed by atoms with Gasteiger partial charge in [0, 0.05) is 24.8 Å². The first-order valence-electron chi connectivity index (χ1n) is 9.34. The van der Waals surface area contributed by atoms with Crippen LogP contribution in [0.4, 0.5) is 23.0 Å². The van der Waals surface area contributed by atoms with Crippen molar-refractivity contribution in [2.75, 3.05) is 42.4 Å². The fourth-order valence-corrected chi connectivity index (χ4v) is 3.47. The van der Waals surface area contributed by atoms with E-state index in [1.807, 2.05) is 30.0 Å². The molecule has 148 valence electrons. The van der Waals surface area contributed by atoms with Gasteiger partial charge < -0.3 is 30.2 Å². The normalized spacial score (nSPS) is 18.0. The van der Waals surface area contributed by atoms with Crippen molar-refractivity contribution in [2.45, 2.75) is 19.8 Å². The fraction of sp³-hybridized carbons (Fsp3) is 0.421. The Labute approximate surface area is 162 Å². The number of aromatic nitrogens is 2. The zero-order chi connectivity index (χ0) is 19.5. The van der Waals surface area contributed by atoms with Crippen LogP contribution in [0.15, 0.2) is 24.5 Å². The summed E-state index contributed by atoms with van der Waals surface area (Å²) in [4.78, 5) is 22.8. The van der Waals surface area contributed by atoms with Gasteiger partial charge in [0.15, 0.2) is 23.1 Å². The van der Waals surface area contributed by atoms with Gasteiger partial charge in [0.1, 0.15) is 12.0 Å². The molecule has 9 nitrogen and oxygen atoms in total. The molecular weight excluding hydrogens is 362 g/mol. The van der Waals surface area contributed by atoms with Gasteiger partial charge in [0.05, 0.1) is 12.5 Å². The molecule has 1 aromatic carbocycles. The van der Waals surface area contributed by atoms with Gasteiger partial charge in [0.2, 0.25) is 6.79 Å². The molecular formula is C19H23N5O4. The first kappa shape index (κ1) is 18.1. The number of rotatable bonds is 5. The first-order valence-corrected chi connectivity index (χ1v) is 9.34. The van der Waals surface area contributed by atoms with Crippen molar-refractivity contribution in [3.8, 4) is 11.5 Å². The third kappa shape index (κ3) is 3.60. The number of nitrogens with two attached hydrogens (primary N) is 1. The summed E-state index contributed by atoms with van der Waals surface area (Å²) in [5.41, 5.74) is 7.57. The number of hydrogen-bond donors (Lipinski definition) is 2. The van der Waals surface area contributed by atoms with E-state index in [1.54, 1.807) is 0 Å². The summed E-state index contributed by atoms with van der Waals surface area (Å²) >= 11 is 0. The summed E-state index contributed by atoms with van der Waals surface area (Å²) in [6, 6.07) is 5.53. The molecule has 2 aromatic rings. The molecule has 0 aliphatic carbocycles. The van der Waals surface area contributed by atoms with Crippen LogP contribution in [0, 0.1) is 5.92 Å². The van der Waals surface area contributed by atoms with Crippen molar-refractivity contribution in [1.29, 1.82) is 0 Å². The molecule has 4 rings (SSSR count). The standard InChI is InChI=1S/C19H23N5O4/c1-2-26-19(25)12-4-3-7-24(9-12)18-16(20)17(21-10-22-18)23-13-5-6-14-15(8-13)28-11-27-14/h5-6,8,10,12H,2-4,7,9,11,20H2,1H3,(H,21,22,23). The van der Waals surface area contributed by atoms with E-state index in [0.29, 0.717) is 42.0 Å². The Kier molecular flexibility index (Phi) is 5.05. The molecule has 3 heterocycles. The number of anilines is 4. The molecule has 2 aliphatic heterocycles. The molecule has 1 saturated heterocycles. The van der Waals surface area contributed by atoms with Gasteiger partial charge in [-0.3, -0.25) is 4.79 Å². The van der Waals surface area contributed by atoms with Crippen molar-refractivity contribution >= 4 is 29.0 Å². The Morgan fingerprint density at radius 3 is 3.07 bits per heavy atom. The molecule has 0 bridgehead atoms. The van der Waals surface area contributed by atoms with Crippen LogP contribution < -0.4 is 25.4 Å². The highest BCUT2D eigenvalue weighted by atomic mass is 16.7. The number of esters is 1. The highest BCUT2D eigenvalue weighted by Crippen LogP contribution is 2.36. The van der Waals surface area contributed by atoms with E-state index < -0.39 is 0 Å². The lowest BCUT2D eigenvalue weighted by Crippen LogP contribution is -2.40. The van der Waals surface area contributed by atoms with Crippen LogP contribution in [0.2, 0.25) is 0 Å². The second-order valence-electron chi connectivity index (χ2n) is 6.69. The SMILES string of the molecule is CCOC(=O)C1CCCN(c2ncnc(Nc3ccc4c(c3)OCO4)c2N)C1. The van der Waals surface area contributed by atoms with Crippen LogP contribution >= 0.6 is 0 Å². The lowest BCUT2D eigenvalue weighted by Gasteiger charge is -2.33. The van der Waals surface area contributed by atoms with Crippen molar-refractivity contribution in [3.05, 3.63) is 24.5 Å². The van der Waals surface area contributed by atoms with Crippen molar-refractivity contribution in [1.82, 2.24) is 9.97 Å². The summed E-state index contributed by atoms with van der Waals surface area (Å²) in [6.45, 7) is 3.73. The Morgan fingerprint density at radius 1 is 1.36 bits per heavy atom. The number of nitrogens with one attached hydrogen (secondary N) is 1. The smallest absolute Gasteiger partial charge is 0.310 e. The Morgan fingerprint density at radius 2 is 2.21 bits per heavy atom. The van der Waals surface area contributed by atoms with Crippen LogP contribution in [0.1, 0.15) is 19.8 Å². The third-order valence-electron chi connectivity index (χ3n) is 4.84. The zero-order valence-electron chi connectivity index (χ0n) is 15.7. The number of carbonyl (C=O) groups is 1. The second kappa shape index (κ2) is 7.79. The highest BCUT2D eigenvalue weighted by Gasteiger charge is 2.29. The molecule has 9 heteroatoms. The minimum Gasteiger partial charge on any atom is -0.466 e. The fourth-order valence-electron chi connectivity index (χ4n) is 3.47. The number of nitrogens with zero attached hydrogens (tertiary/aromatic N) is 3. The van der Waals surface area contributed by atoms with E-state index in [4.69, 9.17) is 19.9 Å². The largest absolute Gasteiger partial charge is 0.466 e. The number of hydrogen-bond acceptors (Lipinski definition) is 9. The highest BCUT2D eigenvalue weighted by molar-refractivity contribution is 5.80. The predicted octanol–water partition coefficient (Wildman–Crippen LogP) is 2.31. The molecule has 0 amide bonds. The van der Waals surface area contributed by atoms with Crippen LogP contribution in [-0.2, 0) is 9.53 Å². The summed E-state index contributed by atoms with van der Waals surface area (Å²) in [5, 5.41) is 3.21. The second-order valence-corrected chi connectivity index (χ2v) is 6.69. The van der Waals surface area contributed by atoms with Gasteiger partial charge in [0.25, 0.3) is 0 Å². The molecule has 1 unspecified atom stereocenters. The summed E-state index contributed by atoms with van der Waals surface area (Å²) < 4.78 is 15.9. The quantitative estimate of drug-likeness (QED) is 0.749. The molecule has 1 atom stereocenters. The van der Waals surface area contributed by atoms with E-state index in [1.165, 1.54) is 6.33 Å². The van der Waals surface area contributed by atoms with Crippen LogP contribution in [-0.4, -0.2) is 42.4 Å². The lowest BCUT2D eigenvalue weighted by atomic mass is 9.98. The number of fused-ring (bicyclic) bond motifs is 1. The predicted molar refractivity (Wildman–Crippen MR) is 104 cm³/mol. The van der Waals surface area contributed by atoms with Crippen LogP contribution in [0.3, 0.4) is 0 Å². The Balaban J connectivity index is 1.52. The van der Waals surface area contributed by atoms with Gasteiger partial charge in [-0.25, -0.2) is 9.97 Å². The average molecular weight is 385 g/mol. The summed E-state index contributed by atoms with van der Waals surface area (Å²) in [5.74, 6) is 2.16. The van der Waals surface area contributed by atoms with Crippen molar-refractivity contribution < 1.29 is 19.0 Å². The zero-order valence-corrected chi connectivity index (χ0v) is 15.7. The van der Waals surface area contributed by atoms with Crippen molar-refractivity contribution in [2.24, 2.45) is 5.92 Å². The Bertz CT molecular complexity index is 875. The van der Waals surface area contributed by atoms with E-state index >= 15 is 0 Å². The minimum absolute atomic E-state index is 0.168. The molecule has 0 radical (unpaired) electrons. The summed E-state index contributed by atoms with van der Waals surface area (Å²) in [7, 11) is 0. The monoisotopic (exact) mass is 385 g/mol. The maximum Gasteiger partial charge on any atom is 0.310 e. The molecule has 0 saturated carbocycles. The van der Waals surface area contributed by atoms with Gasteiger partial charge >= 0.3 is 5.97 Å². The molecule has 28 heavy (non-hydrogen) atoms. The topological polar surface area (TPSA) is 112 Å². The maximum absolute atomic E-state index is 12.1. The lowest BCUT2D eigenvalue weighted by molar-refractivity contribution is -0.148. The number of ether oxygens (including phenoxy) is 3. The Hall–Kier alpha value is -3.23. The molecule has 0 spiro atoms.